The Morgan fingerprint density at radius 1 is 0.551 bits per heavy atom. The van der Waals surface area contributed by atoms with Crippen molar-refractivity contribution in [3.8, 4) is 28.8 Å². The number of carbonyl (C=O) groups excluding carboxylic acids is 3. The molecule has 0 fully saturated rings. The summed E-state index contributed by atoms with van der Waals surface area (Å²) in [6.07, 6.45) is -9.71. The average Bonchev–Trinajstić information content (AvgIpc) is 4.04. The summed E-state index contributed by atoms with van der Waals surface area (Å²) in [5.41, 5.74) is 11.5. The Morgan fingerprint density at radius 2 is 0.855 bits per heavy atom. The Labute approximate surface area is 419 Å². The van der Waals surface area contributed by atoms with Gasteiger partial charge < -0.3 is 27.2 Å². The smallest absolute Gasteiger partial charge is 0.870 e. The Morgan fingerprint density at radius 3 is 1.13 bits per heavy atom. The number of aromatic amines is 2. The van der Waals surface area contributed by atoms with Crippen LogP contribution >= 0.6 is 15.9 Å². The van der Waals surface area contributed by atoms with Crippen LogP contribution in [0.25, 0.3) is 22.8 Å². The largest absolute Gasteiger partial charge is 1.00 e. The molecule has 4 aromatic carbocycles. The number of nitrogens with one attached hydrogen (secondary N) is 5. The van der Waals surface area contributed by atoms with Crippen molar-refractivity contribution < 1.29 is 88.9 Å². The minimum absolute atomic E-state index is 0. The number of rotatable bonds is 13. The van der Waals surface area contributed by atoms with Crippen molar-refractivity contribution in [2.75, 3.05) is 26.2 Å². The van der Waals surface area contributed by atoms with Gasteiger partial charge in [-0.1, -0.05) is 88.7 Å². The second kappa shape index (κ2) is 30.3. The fourth-order valence-corrected chi connectivity index (χ4v) is 5.44. The first-order valence-corrected chi connectivity index (χ1v) is 20.4. The zero-order valence-electron chi connectivity index (χ0n) is 36.3. The predicted molar refractivity (Wildman–Crippen MR) is 232 cm³/mol. The number of aromatic nitrogens is 6. The van der Waals surface area contributed by atoms with Crippen LogP contribution in [-0.2, 0) is 40.1 Å². The SMILES string of the molecule is N#Cc1ccc(CCNC(=O)C(F)(F)F)cc1.NCCc1ccc(-c2ncn[nH]2)cc1.O=C(NCCc1ccc(-c2ncn[nH]2)cc1)C(F)(F)F.O=C(NCCc1ccc(Br)cc1)C(F)(F)F.[Na+].[OH-]. The number of halogens is 10. The quantitative estimate of drug-likeness (QED) is 0.0718. The van der Waals surface area contributed by atoms with Gasteiger partial charge in [0.15, 0.2) is 11.6 Å². The van der Waals surface area contributed by atoms with E-state index in [1.165, 1.54) is 18.2 Å². The van der Waals surface area contributed by atoms with Crippen molar-refractivity contribution in [3.63, 3.8) is 0 Å². The Kier molecular flexibility index (Phi) is 26.8. The molecule has 2 heterocycles. The third kappa shape index (κ3) is 23.6. The Balaban J connectivity index is 0.000000459. The molecule has 6 aromatic rings. The number of nitrogens with two attached hydrogens (primary N) is 1. The maximum absolute atomic E-state index is 12.0. The molecule has 15 nitrogen and oxygen atoms in total. The number of alkyl halides is 9. The van der Waals surface area contributed by atoms with Crippen LogP contribution in [0.5, 0.6) is 0 Å². The summed E-state index contributed by atoms with van der Waals surface area (Å²) in [4.78, 5) is 39.6. The monoisotopic (exact) mass is 1050 g/mol. The minimum Gasteiger partial charge on any atom is -0.870 e. The molecule has 0 atom stereocenters. The molecule has 3 amide bonds. The molecule has 0 radical (unpaired) electrons. The number of amides is 3. The predicted octanol–water partition coefficient (Wildman–Crippen LogP) is 3.94. The summed E-state index contributed by atoms with van der Waals surface area (Å²) in [6, 6.07) is 30.7. The van der Waals surface area contributed by atoms with E-state index in [4.69, 9.17) is 11.0 Å². The average molecular weight is 1050 g/mol. The molecule has 69 heavy (non-hydrogen) atoms. The first-order chi connectivity index (χ1) is 31.7. The van der Waals surface area contributed by atoms with Gasteiger partial charge in [0.2, 0.25) is 0 Å². The molecule has 0 aliphatic heterocycles. The van der Waals surface area contributed by atoms with Gasteiger partial charge in [0.25, 0.3) is 0 Å². The topological polar surface area (TPSA) is 250 Å². The number of carbonyl (C=O) groups is 3. The molecule has 0 saturated heterocycles. The molecule has 0 aliphatic rings. The Bertz CT molecular complexity index is 2440. The van der Waals surface area contributed by atoms with E-state index in [1.54, 1.807) is 78.1 Å². The van der Waals surface area contributed by atoms with E-state index >= 15 is 0 Å². The van der Waals surface area contributed by atoms with Crippen LogP contribution in [0, 0.1) is 11.3 Å². The van der Waals surface area contributed by atoms with Crippen molar-refractivity contribution in [2.45, 2.75) is 44.2 Å². The summed E-state index contributed by atoms with van der Waals surface area (Å²) in [5, 5.41) is 27.0. The molecule has 0 unspecified atom stereocenters. The van der Waals surface area contributed by atoms with E-state index in [1.807, 2.05) is 28.8 Å². The molecule has 0 bridgehead atoms. The molecule has 26 heteroatoms. The molecule has 364 valence electrons. The van der Waals surface area contributed by atoms with Crippen LogP contribution in [0.15, 0.2) is 114 Å². The molecule has 0 spiro atoms. The van der Waals surface area contributed by atoms with Gasteiger partial charge >= 0.3 is 65.8 Å². The molecule has 8 N–H and O–H groups in total. The van der Waals surface area contributed by atoms with E-state index < -0.39 is 36.3 Å². The maximum Gasteiger partial charge on any atom is 1.00 e. The van der Waals surface area contributed by atoms with E-state index in [0.29, 0.717) is 30.8 Å². The summed E-state index contributed by atoms with van der Waals surface area (Å²) in [5.74, 6) is -4.35. The number of nitrogens with zero attached hydrogens (tertiary/aromatic N) is 5. The van der Waals surface area contributed by atoms with Crippen LogP contribution in [0.1, 0.15) is 27.8 Å². The van der Waals surface area contributed by atoms with Gasteiger partial charge in [-0.25, -0.2) is 9.97 Å². The van der Waals surface area contributed by atoms with Gasteiger partial charge in [-0.2, -0.15) is 55.0 Å². The molecule has 2 aromatic heterocycles. The second-order valence-corrected chi connectivity index (χ2v) is 14.5. The van der Waals surface area contributed by atoms with Crippen LogP contribution in [0.2, 0.25) is 0 Å². The minimum atomic E-state index is -4.84. The van der Waals surface area contributed by atoms with Gasteiger partial charge in [-0.3, -0.25) is 24.6 Å². The molecule has 6 rings (SSSR count). The fourth-order valence-electron chi connectivity index (χ4n) is 5.17. The molecule has 0 aliphatic carbocycles. The maximum atomic E-state index is 12.0. The zero-order chi connectivity index (χ0) is 49.5. The number of H-pyrrole nitrogens is 2. The van der Waals surface area contributed by atoms with Gasteiger partial charge in [0.05, 0.1) is 11.6 Å². The number of benzene rings is 4. The third-order valence-electron chi connectivity index (χ3n) is 8.58. The van der Waals surface area contributed by atoms with E-state index in [9.17, 15) is 53.9 Å². The van der Waals surface area contributed by atoms with E-state index in [0.717, 1.165) is 44.5 Å². The van der Waals surface area contributed by atoms with Crippen molar-refractivity contribution >= 4 is 33.7 Å². The first-order valence-electron chi connectivity index (χ1n) is 19.6. The summed E-state index contributed by atoms with van der Waals surface area (Å²) in [6.45, 7) is 0.492. The van der Waals surface area contributed by atoms with Gasteiger partial charge in [0, 0.05) is 35.2 Å². The summed E-state index contributed by atoms with van der Waals surface area (Å²) >= 11 is 3.24. The fraction of sp³-hybridized carbons (Fsp3) is 0.256. The summed E-state index contributed by atoms with van der Waals surface area (Å²) in [7, 11) is 0. The van der Waals surface area contributed by atoms with Crippen LogP contribution < -0.4 is 51.2 Å². The Hall–Kier alpha value is -6.17. The van der Waals surface area contributed by atoms with Gasteiger partial charge in [-0.05, 0) is 78.7 Å². The standard InChI is InChI=1S/C12H11F3N4O.C11H9F3N2O.C10H9BrF3NO.C10H12N4.Na.H2O/c13-12(14,15)11(20)16-6-5-8-1-3-9(4-2-8)10-17-7-18-19-10;12-11(13,14)10(17)16-6-5-8-1-3-9(7-15)4-2-8;11-8-3-1-7(2-4-8)5-6-15-9(16)10(12,13)14;11-6-5-8-1-3-9(4-2-8)10-12-7-13-14-10;;/h1-4,7H,5-6H2,(H,16,20)(H,17,18,19);1-4H,5-6H2,(H,16,17);1-4H,5-6H2,(H,15,16);1-4,7H,5-6,11H2,(H,12,13,14);;1H2/q;;;;+1;/p-1. The van der Waals surface area contributed by atoms with Crippen LogP contribution in [-0.4, -0.2) is 98.3 Å². The number of nitriles is 1. The van der Waals surface area contributed by atoms with Crippen LogP contribution in [0.3, 0.4) is 0 Å². The van der Waals surface area contributed by atoms with E-state index in [-0.39, 0.29) is 61.1 Å². The third-order valence-corrected chi connectivity index (χ3v) is 9.11. The first kappa shape index (κ1) is 60.8. The van der Waals surface area contributed by atoms with Gasteiger partial charge in [-0.15, -0.1) is 0 Å². The normalized spacial score (nSPS) is 10.6. The van der Waals surface area contributed by atoms with Crippen LogP contribution in [0.4, 0.5) is 39.5 Å². The number of hydrogen-bond donors (Lipinski definition) is 6. The van der Waals surface area contributed by atoms with Gasteiger partial charge in [0.1, 0.15) is 12.7 Å². The van der Waals surface area contributed by atoms with Crippen molar-refractivity contribution in [2.24, 2.45) is 5.73 Å². The van der Waals surface area contributed by atoms with Crippen molar-refractivity contribution in [3.05, 3.63) is 142 Å². The molecular weight excluding hydrogens is 1010 g/mol. The number of hydrogen-bond acceptors (Lipinski definition) is 10. The molecule has 0 saturated carbocycles. The summed E-state index contributed by atoms with van der Waals surface area (Å²) < 4.78 is 108. The second-order valence-electron chi connectivity index (χ2n) is 13.5. The van der Waals surface area contributed by atoms with Crippen molar-refractivity contribution in [1.29, 1.82) is 5.26 Å². The van der Waals surface area contributed by atoms with E-state index in [2.05, 4.69) is 58.4 Å². The van der Waals surface area contributed by atoms with Crippen molar-refractivity contribution in [1.82, 2.24) is 46.3 Å². The molecular formula is C43H42BrF9N11NaO4. The zero-order valence-corrected chi connectivity index (χ0v) is 39.9.